The fourth-order valence-corrected chi connectivity index (χ4v) is 2.83. The zero-order chi connectivity index (χ0) is 15.4. The molecule has 1 aromatic carbocycles. The summed E-state index contributed by atoms with van der Waals surface area (Å²) in [5, 5.41) is 3.47. The number of ether oxygens (including phenoxy) is 1. The molecule has 1 aliphatic heterocycles. The van der Waals surface area contributed by atoms with Crippen molar-refractivity contribution in [1.82, 2.24) is 10.2 Å². The van der Waals surface area contributed by atoms with Crippen molar-refractivity contribution in [2.24, 2.45) is 5.92 Å². The highest BCUT2D eigenvalue weighted by molar-refractivity contribution is 5.79. The predicted octanol–water partition coefficient (Wildman–Crippen LogP) is 2.08. The van der Waals surface area contributed by atoms with Gasteiger partial charge in [-0.15, -0.1) is 0 Å². The smallest absolute Gasteiger partial charge is 0.227 e. The van der Waals surface area contributed by atoms with Crippen LogP contribution in [0, 0.1) is 5.92 Å². The van der Waals surface area contributed by atoms with Crippen LogP contribution in [0.4, 0.5) is 0 Å². The Morgan fingerprint density at radius 1 is 1.38 bits per heavy atom. The summed E-state index contributed by atoms with van der Waals surface area (Å²) >= 11 is 0. The number of amides is 1. The van der Waals surface area contributed by atoms with E-state index in [1.165, 1.54) is 0 Å². The van der Waals surface area contributed by atoms with Gasteiger partial charge in [-0.05, 0) is 30.5 Å². The first-order valence-electron chi connectivity index (χ1n) is 7.67. The number of methoxy groups -OCH3 is 1. The number of hydrogen-bond donors (Lipinski definition) is 1. The Hall–Kier alpha value is -1.55. The highest BCUT2D eigenvalue weighted by atomic mass is 16.5. The Morgan fingerprint density at radius 3 is 2.62 bits per heavy atom. The molecule has 0 bridgehead atoms. The summed E-state index contributed by atoms with van der Waals surface area (Å²) in [5.41, 5.74) is 1.04. The average Bonchev–Trinajstić information content (AvgIpc) is 2.47. The third-order valence-corrected chi connectivity index (χ3v) is 4.15. The first-order valence-corrected chi connectivity index (χ1v) is 7.67. The number of carbonyl (C=O) groups excluding carboxylic acids is 1. The van der Waals surface area contributed by atoms with Crippen LogP contribution in [0.25, 0.3) is 0 Å². The van der Waals surface area contributed by atoms with Crippen LogP contribution in [0.3, 0.4) is 0 Å². The van der Waals surface area contributed by atoms with Crippen LogP contribution in [0.1, 0.15) is 26.3 Å². The number of rotatable bonds is 4. The quantitative estimate of drug-likeness (QED) is 0.923. The van der Waals surface area contributed by atoms with E-state index in [-0.39, 0.29) is 11.9 Å². The lowest BCUT2D eigenvalue weighted by Crippen LogP contribution is -2.59. The fraction of sp³-hybridized carbons (Fsp3) is 0.588. The topological polar surface area (TPSA) is 41.6 Å². The molecule has 2 rings (SSSR count). The SMILES string of the molecule is COc1ccc(CC(=O)N2CC(C)NCC2C(C)C)cc1. The van der Waals surface area contributed by atoms with E-state index in [4.69, 9.17) is 4.74 Å². The summed E-state index contributed by atoms with van der Waals surface area (Å²) in [7, 11) is 1.65. The van der Waals surface area contributed by atoms with E-state index in [0.717, 1.165) is 24.4 Å². The monoisotopic (exact) mass is 290 g/mol. The Morgan fingerprint density at radius 2 is 2.05 bits per heavy atom. The maximum atomic E-state index is 12.6. The summed E-state index contributed by atoms with van der Waals surface area (Å²) in [5.74, 6) is 1.50. The lowest BCUT2D eigenvalue weighted by molar-refractivity contribution is -0.135. The number of piperazine rings is 1. The van der Waals surface area contributed by atoms with E-state index in [9.17, 15) is 4.79 Å². The van der Waals surface area contributed by atoms with E-state index in [0.29, 0.717) is 18.4 Å². The van der Waals surface area contributed by atoms with Crippen LogP contribution in [-0.4, -0.2) is 43.1 Å². The van der Waals surface area contributed by atoms with Gasteiger partial charge < -0.3 is 15.0 Å². The molecule has 0 aromatic heterocycles. The van der Waals surface area contributed by atoms with Gasteiger partial charge in [-0.2, -0.15) is 0 Å². The normalized spacial score (nSPS) is 22.4. The van der Waals surface area contributed by atoms with E-state index >= 15 is 0 Å². The molecule has 116 valence electrons. The number of nitrogens with zero attached hydrogens (tertiary/aromatic N) is 1. The number of nitrogens with one attached hydrogen (secondary N) is 1. The van der Waals surface area contributed by atoms with Crippen LogP contribution < -0.4 is 10.1 Å². The van der Waals surface area contributed by atoms with Gasteiger partial charge in [0.1, 0.15) is 5.75 Å². The zero-order valence-corrected chi connectivity index (χ0v) is 13.4. The van der Waals surface area contributed by atoms with Crippen molar-refractivity contribution >= 4 is 5.91 Å². The molecular formula is C17H26N2O2. The molecule has 4 heteroatoms. The molecule has 4 nitrogen and oxygen atoms in total. The van der Waals surface area contributed by atoms with Gasteiger partial charge >= 0.3 is 0 Å². The molecule has 0 aliphatic carbocycles. The Kier molecular flexibility index (Phi) is 5.23. The van der Waals surface area contributed by atoms with Crippen LogP contribution in [0.5, 0.6) is 5.75 Å². The number of carbonyl (C=O) groups is 1. The minimum absolute atomic E-state index is 0.215. The third kappa shape index (κ3) is 3.97. The standard InChI is InChI=1S/C17H26N2O2/c1-12(2)16-10-18-13(3)11-19(16)17(20)9-14-5-7-15(21-4)8-6-14/h5-8,12-13,16,18H,9-11H2,1-4H3. The molecule has 1 N–H and O–H groups in total. The van der Waals surface area contributed by atoms with Crippen molar-refractivity contribution in [2.75, 3.05) is 20.2 Å². The average molecular weight is 290 g/mol. The van der Waals surface area contributed by atoms with Gasteiger partial charge in [0.2, 0.25) is 5.91 Å². The van der Waals surface area contributed by atoms with Gasteiger partial charge in [0.05, 0.1) is 13.5 Å². The van der Waals surface area contributed by atoms with Crippen LogP contribution in [-0.2, 0) is 11.2 Å². The maximum Gasteiger partial charge on any atom is 0.227 e. The molecule has 0 saturated carbocycles. The van der Waals surface area contributed by atoms with Crippen LogP contribution in [0.15, 0.2) is 24.3 Å². The molecule has 1 aliphatic rings. The van der Waals surface area contributed by atoms with E-state index in [1.54, 1.807) is 7.11 Å². The van der Waals surface area contributed by atoms with Gasteiger partial charge in [0.15, 0.2) is 0 Å². The van der Waals surface area contributed by atoms with Crippen LogP contribution >= 0.6 is 0 Å². The minimum Gasteiger partial charge on any atom is -0.497 e. The molecular weight excluding hydrogens is 264 g/mol. The minimum atomic E-state index is 0.215. The first kappa shape index (κ1) is 15.8. The number of hydrogen-bond acceptors (Lipinski definition) is 3. The van der Waals surface area contributed by atoms with Crippen LogP contribution in [0.2, 0.25) is 0 Å². The van der Waals surface area contributed by atoms with E-state index in [2.05, 4.69) is 31.0 Å². The predicted molar refractivity (Wildman–Crippen MR) is 84.5 cm³/mol. The number of benzene rings is 1. The molecule has 1 aromatic rings. The van der Waals surface area contributed by atoms with Crippen molar-refractivity contribution in [2.45, 2.75) is 39.3 Å². The third-order valence-electron chi connectivity index (χ3n) is 4.15. The fourth-order valence-electron chi connectivity index (χ4n) is 2.83. The second kappa shape index (κ2) is 6.94. The molecule has 1 saturated heterocycles. The second-order valence-corrected chi connectivity index (χ2v) is 6.19. The van der Waals surface area contributed by atoms with Gasteiger partial charge in [0.25, 0.3) is 0 Å². The van der Waals surface area contributed by atoms with Gasteiger partial charge in [0, 0.05) is 25.2 Å². The van der Waals surface area contributed by atoms with Gasteiger partial charge in [-0.1, -0.05) is 26.0 Å². The highest BCUT2D eigenvalue weighted by Crippen LogP contribution is 2.18. The summed E-state index contributed by atoms with van der Waals surface area (Å²) in [6, 6.07) is 8.39. The van der Waals surface area contributed by atoms with Crippen molar-refractivity contribution in [3.8, 4) is 5.75 Å². The summed E-state index contributed by atoms with van der Waals surface area (Å²) in [6.07, 6.45) is 0.458. The summed E-state index contributed by atoms with van der Waals surface area (Å²) in [6.45, 7) is 8.15. The highest BCUT2D eigenvalue weighted by Gasteiger charge is 2.31. The van der Waals surface area contributed by atoms with E-state index < -0.39 is 0 Å². The lowest BCUT2D eigenvalue weighted by Gasteiger charge is -2.41. The molecule has 1 heterocycles. The maximum absolute atomic E-state index is 12.6. The van der Waals surface area contributed by atoms with Crippen molar-refractivity contribution < 1.29 is 9.53 Å². The molecule has 21 heavy (non-hydrogen) atoms. The van der Waals surface area contributed by atoms with Gasteiger partial charge in [-0.25, -0.2) is 0 Å². The first-order chi connectivity index (χ1) is 10.0. The lowest BCUT2D eigenvalue weighted by atomic mass is 9.97. The zero-order valence-electron chi connectivity index (χ0n) is 13.4. The van der Waals surface area contributed by atoms with Crippen molar-refractivity contribution in [3.63, 3.8) is 0 Å². The van der Waals surface area contributed by atoms with Crippen molar-refractivity contribution in [3.05, 3.63) is 29.8 Å². The molecule has 0 radical (unpaired) electrons. The molecule has 2 unspecified atom stereocenters. The Labute approximate surface area is 127 Å². The largest absolute Gasteiger partial charge is 0.497 e. The molecule has 1 amide bonds. The summed E-state index contributed by atoms with van der Waals surface area (Å²) < 4.78 is 5.15. The van der Waals surface area contributed by atoms with Crippen molar-refractivity contribution in [1.29, 1.82) is 0 Å². The van der Waals surface area contributed by atoms with E-state index in [1.807, 2.05) is 24.3 Å². The summed E-state index contributed by atoms with van der Waals surface area (Å²) in [4.78, 5) is 14.7. The molecule has 0 spiro atoms. The second-order valence-electron chi connectivity index (χ2n) is 6.19. The Balaban J connectivity index is 2.05. The molecule has 2 atom stereocenters. The Bertz CT molecular complexity index is 470. The van der Waals surface area contributed by atoms with Gasteiger partial charge in [-0.3, -0.25) is 4.79 Å². The molecule has 1 fully saturated rings.